The molecule has 2 heterocycles. The van der Waals surface area contributed by atoms with Gasteiger partial charge < -0.3 is 14.5 Å². The first-order valence-electron chi connectivity index (χ1n) is 9.04. The van der Waals surface area contributed by atoms with E-state index in [2.05, 4.69) is 25.9 Å². The summed E-state index contributed by atoms with van der Waals surface area (Å²) in [6.45, 7) is 3.11. The minimum Gasteiger partial charge on any atom is -0.495 e. The Labute approximate surface area is 176 Å². The number of anilines is 1. The molecule has 1 aromatic heterocycles. The van der Waals surface area contributed by atoms with Crippen LogP contribution in [-0.2, 0) is 11.3 Å². The molecule has 0 atom stereocenters. The van der Waals surface area contributed by atoms with E-state index < -0.39 is 0 Å². The van der Waals surface area contributed by atoms with Crippen molar-refractivity contribution in [1.82, 2.24) is 14.7 Å². The number of benzene rings is 2. The third-order valence-corrected chi connectivity index (χ3v) is 5.93. The lowest BCUT2D eigenvalue weighted by Gasteiger charge is -2.36. The molecule has 0 unspecified atom stereocenters. The fourth-order valence-electron chi connectivity index (χ4n) is 3.49. The van der Waals surface area contributed by atoms with Gasteiger partial charge in [0.05, 0.1) is 17.6 Å². The van der Waals surface area contributed by atoms with Gasteiger partial charge in [0.1, 0.15) is 16.9 Å². The van der Waals surface area contributed by atoms with Crippen LogP contribution in [0.25, 0.3) is 10.9 Å². The number of hydrogen-bond acceptors (Lipinski definition) is 4. The maximum absolute atomic E-state index is 12.8. The summed E-state index contributed by atoms with van der Waals surface area (Å²) in [5.74, 6) is 0.739. The molecule has 146 valence electrons. The average Bonchev–Trinajstić information content (AvgIpc) is 3.04. The Morgan fingerprint density at radius 1 is 1.18 bits per heavy atom. The molecule has 0 N–H and O–H groups in total. The average molecular weight is 464 g/mol. The van der Waals surface area contributed by atoms with E-state index in [1.165, 1.54) is 0 Å². The lowest BCUT2D eigenvalue weighted by Crippen LogP contribution is -2.49. The van der Waals surface area contributed by atoms with Crippen molar-refractivity contribution in [3.05, 3.63) is 52.1 Å². The molecule has 2 aromatic carbocycles. The van der Waals surface area contributed by atoms with E-state index in [-0.39, 0.29) is 12.5 Å². The van der Waals surface area contributed by atoms with E-state index in [1.807, 2.05) is 47.4 Å². The summed E-state index contributed by atoms with van der Waals surface area (Å²) in [5, 5.41) is 6.07. The predicted molar refractivity (Wildman–Crippen MR) is 114 cm³/mol. The number of para-hydroxylation sites is 1. The second-order valence-electron chi connectivity index (χ2n) is 6.65. The van der Waals surface area contributed by atoms with Crippen LogP contribution in [0.2, 0.25) is 5.02 Å². The van der Waals surface area contributed by atoms with Gasteiger partial charge in [-0.2, -0.15) is 5.10 Å². The summed E-state index contributed by atoms with van der Waals surface area (Å²) >= 11 is 9.58. The van der Waals surface area contributed by atoms with Crippen LogP contribution in [0.5, 0.6) is 5.75 Å². The maximum Gasteiger partial charge on any atom is 0.244 e. The molecule has 1 fully saturated rings. The Hall–Kier alpha value is -2.25. The molecular formula is C20H20BrClN4O2. The number of aromatic nitrogens is 2. The summed E-state index contributed by atoms with van der Waals surface area (Å²) in [6.07, 6.45) is 0. The number of ether oxygens (including phenoxy) is 1. The Bertz CT molecular complexity index is 1010. The van der Waals surface area contributed by atoms with Crippen LogP contribution in [-0.4, -0.2) is 53.9 Å². The van der Waals surface area contributed by atoms with Gasteiger partial charge in [-0.3, -0.25) is 9.48 Å². The Morgan fingerprint density at radius 3 is 2.68 bits per heavy atom. The zero-order valence-electron chi connectivity index (χ0n) is 15.4. The van der Waals surface area contributed by atoms with Crippen LogP contribution in [0, 0.1) is 0 Å². The number of fused-ring (bicyclic) bond motifs is 1. The predicted octanol–water partition coefficient (Wildman–Crippen LogP) is 3.81. The van der Waals surface area contributed by atoms with Gasteiger partial charge >= 0.3 is 0 Å². The first-order chi connectivity index (χ1) is 13.6. The summed E-state index contributed by atoms with van der Waals surface area (Å²) in [6, 6.07) is 13.7. The zero-order chi connectivity index (χ0) is 19.7. The van der Waals surface area contributed by atoms with Gasteiger partial charge in [0, 0.05) is 43.3 Å². The Kier molecular flexibility index (Phi) is 5.46. The maximum atomic E-state index is 12.8. The van der Waals surface area contributed by atoms with Gasteiger partial charge in [-0.25, -0.2) is 0 Å². The number of piperazine rings is 1. The molecule has 1 saturated heterocycles. The summed E-state index contributed by atoms with van der Waals surface area (Å²) in [7, 11) is 1.61. The second kappa shape index (κ2) is 8.01. The van der Waals surface area contributed by atoms with Crippen molar-refractivity contribution >= 4 is 50.0 Å². The van der Waals surface area contributed by atoms with E-state index in [9.17, 15) is 4.79 Å². The molecular weight excluding hydrogens is 444 g/mol. The Morgan fingerprint density at radius 2 is 1.93 bits per heavy atom. The van der Waals surface area contributed by atoms with Gasteiger partial charge in [-0.05, 0) is 34.1 Å². The summed E-state index contributed by atoms with van der Waals surface area (Å²) in [4.78, 5) is 16.9. The normalized spacial score (nSPS) is 14.5. The molecule has 0 spiro atoms. The molecule has 8 heteroatoms. The van der Waals surface area contributed by atoms with Crippen LogP contribution >= 0.6 is 27.5 Å². The molecule has 0 aliphatic carbocycles. The highest BCUT2D eigenvalue weighted by molar-refractivity contribution is 9.10. The van der Waals surface area contributed by atoms with Crippen molar-refractivity contribution in [2.45, 2.75) is 6.54 Å². The molecule has 0 saturated carbocycles. The van der Waals surface area contributed by atoms with E-state index in [4.69, 9.17) is 16.3 Å². The third-order valence-electron chi connectivity index (χ3n) is 5.03. The standard InChI is InChI=1S/C20H20BrClN4O2/c1-28-18-12-14(6-7-16(18)22)24-8-10-25(11-9-24)19(27)13-26-17-5-3-2-4-15(17)20(21)23-26/h2-7,12H,8-11,13H2,1H3. The monoisotopic (exact) mass is 462 g/mol. The number of carbonyl (C=O) groups excluding carboxylic acids is 1. The van der Waals surface area contributed by atoms with Crippen LogP contribution in [0.4, 0.5) is 5.69 Å². The highest BCUT2D eigenvalue weighted by Crippen LogP contribution is 2.30. The van der Waals surface area contributed by atoms with Crippen molar-refractivity contribution in [3.63, 3.8) is 0 Å². The largest absolute Gasteiger partial charge is 0.495 e. The molecule has 0 radical (unpaired) electrons. The molecule has 1 aliphatic heterocycles. The van der Waals surface area contributed by atoms with Crippen molar-refractivity contribution in [3.8, 4) is 5.75 Å². The van der Waals surface area contributed by atoms with Crippen LogP contribution in [0.15, 0.2) is 47.1 Å². The van der Waals surface area contributed by atoms with Gasteiger partial charge in [0.2, 0.25) is 5.91 Å². The smallest absolute Gasteiger partial charge is 0.244 e. The SMILES string of the molecule is COc1cc(N2CCN(C(=O)Cn3nc(Br)c4ccccc43)CC2)ccc1Cl. The van der Waals surface area contributed by atoms with Gasteiger partial charge in [0.25, 0.3) is 0 Å². The lowest BCUT2D eigenvalue weighted by atomic mass is 10.2. The third kappa shape index (κ3) is 3.69. The molecule has 1 amide bonds. The minimum absolute atomic E-state index is 0.0779. The number of methoxy groups -OCH3 is 1. The number of nitrogens with zero attached hydrogens (tertiary/aromatic N) is 4. The van der Waals surface area contributed by atoms with E-state index in [0.29, 0.717) is 23.9 Å². The molecule has 4 rings (SSSR count). The minimum atomic E-state index is 0.0779. The molecule has 1 aliphatic rings. The van der Waals surface area contributed by atoms with Crippen LogP contribution in [0.3, 0.4) is 0 Å². The van der Waals surface area contributed by atoms with Crippen molar-refractivity contribution in [1.29, 1.82) is 0 Å². The van der Waals surface area contributed by atoms with Gasteiger partial charge in [-0.15, -0.1) is 0 Å². The highest BCUT2D eigenvalue weighted by atomic mass is 79.9. The second-order valence-corrected chi connectivity index (χ2v) is 7.81. The van der Waals surface area contributed by atoms with Crippen LogP contribution < -0.4 is 9.64 Å². The van der Waals surface area contributed by atoms with Gasteiger partial charge in [-0.1, -0.05) is 29.8 Å². The van der Waals surface area contributed by atoms with E-state index >= 15 is 0 Å². The highest BCUT2D eigenvalue weighted by Gasteiger charge is 2.23. The van der Waals surface area contributed by atoms with Crippen LogP contribution in [0.1, 0.15) is 0 Å². The first-order valence-corrected chi connectivity index (χ1v) is 10.2. The van der Waals surface area contributed by atoms with Crippen molar-refractivity contribution in [2.24, 2.45) is 0 Å². The number of hydrogen-bond donors (Lipinski definition) is 0. The van der Waals surface area contributed by atoms with Crippen molar-refractivity contribution < 1.29 is 9.53 Å². The lowest BCUT2D eigenvalue weighted by molar-refractivity contribution is -0.132. The molecule has 28 heavy (non-hydrogen) atoms. The van der Waals surface area contributed by atoms with Crippen molar-refractivity contribution in [2.75, 3.05) is 38.2 Å². The molecule has 0 bridgehead atoms. The number of rotatable bonds is 4. The number of amides is 1. The summed E-state index contributed by atoms with van der Waals surface area (Å²) in [5.41, 5.74) is 2.00. The fraction of sp³-hybridized carbons (Fsp3) is 0.300. The van der Waals surface area contributed by atoms with E-state index in [0.717, 1.165) is 34.3 Å². The number of halogens is 2. The van der Waals surface area contributed by atoms with E-state index in [1.54, 1.807) is 11.8 Å². The first kappa shape index (κ1) is 19.1. The number of carbonyl (C=O) groups is 1. The quantitative estimate of drug-likeness (QED) is 0.590. The summed E-state index contributed by atoms with van der Waals surface area (Å²) < 4.78 is 7.83. The fourth-order valence-corrected chi connectivity index (χ4v) is 4.22. The van der Waals surface area contributed by atoms with Gasteiger partial charge in [0.15, 0.2) is 0 Å². The molecule has 6 nitrogen and oxygen atoms in total. The molecule has 3 aromatic rings. The zero-order valence-corrected chi connectivity index (χ0v) is 17.8. The Balaban J connectivity index is 1.41. The topological polar surface area (TPSA) is 50.6 Å².